The molecule has 0 amide bonds. The maximum Gasteiger partial charge on any atom is 0.0836 e. The quantitative estimate of drug-likeness (QED) is 0.774. The van der Waals surface area contributed by atoms with E-state index in [2.05, 4.69) is 31.9 Å². The van der Waals surface area contributed by atoms with Gasteiger partial charge in [-0.2, -0.15) is 0 Å². The lowest BCUT2D eigenvalue weighted by atomic mass is 10.4. The van der Waals surface area contributed by atoms with E-state index in [0.717, 1.165) is 0 Å². The molecule has 0 aliphatic rings. The highest BCUT2D eigenvalue weighted by molar-refractivity contribution is 9.10. The van der Waals surface area contributed by atoms with Crippen LogP contribution < -0.4 is 0 Å². The van der Waals surface area contributed by atoms with Crippen molar-refractivity contribution >= 4 is 53.5 Å². The molecule has 2 unspecified atom stereocenters. The fourth-order valence-corrected chi connectivity index (χ4v) is 3.77. The van der Waals surface area contributed by atoms with Crippen LogP contribution in [-0.2, 0) is 21.6 Å². The van der Waals surface area contributed by atoms with Gasteiger partial charge in [-0.25, -0.2) is 0 Å². The normalized spacial score (nSPS) is 15.0. The minimum atomic E-state index is -1.05. The Bertz CT molecular complexity index is 337. The number of hydrogen-bond acceptors (Lipinski definition) is 2. The molecule has 78 valence electrons. The van der Waals surface area contributed by atoms with Gasteiger partial charge in [0.05, 0.1) is 30.9 Å². The van der Waals surface area contributed by atoms with Crippen molar-refractivity contribution < 1.29 is 8.42 Å². The molecule has 0 N–H and O–H groups in total. The molecule has 0 fully saturated rings. The predicted octanol–water partition coefficient (Wildman–Crippen LogP) is 2.61. The molecule has 0 radical (unpaired) electrons. The van der Waals surface area contributed by atoms with Gasteiger partial charge in [0.15, 0.2) is 0 Å². The van der Waals surface area contributed by atoms with Crippen LogP contribution in [-0.4, -0.2) is 17.7 Å². The van der Waals surface area contributed by atoms with Crippen molar-refractivity contribution in [3.8, 4) is 0 Å². The van der Waals surface area contributed by atoms with Gasteiger partial charge < -0.3 is 0 Å². The molecule has 0 spiro atoms. The number of alkyl halides is 2. The van der Waals surface area contributed by atoms with E-state index in [1.54, 1.807) is 24.3 Å². The summed E-state index contributed by atoms with van der Waals surface area (Å²) in [7, 11) is -2.10. The first-order valence-corrected chi connectivity index (χ1v) is 8.56. The van der Waals surface area contributed by atoms with E-state index in [9.17, 15) is 8.42 Å². The van der Waals surface area contributed by atoms with Gasteiger partial charge in [-0.15, -0.1) is 0 Å². The van der Waals surface area contributed by atoms with E-state index in [4.69, 9.17) is 0 Å². The van der Waals surface area contributed by atoms with Gasteiger partial charge in [0.1, 0.15) is 0 Å². The Morgan fingerprint density at radius 3 is 1.79 bits per heavy atom. The lowest BCUT2D eigenvalue weighted by molar-refractivity contribution is 0.685. The third-order valence-electron chi connectivity index (χ3n) is 1.53. The molecule has 0 aliphatic carbocycles. The standard InChI is InChI=1S/C8H8Br2O2S2/c9-5-13(11)7-2-1-3-8(4-7)14(12)6-10/h1-4H,5-6H2. The topological polar surface area (TPSA) is 34.1 Å². The number of halogens is 2. The first-order chi connectivity index (χ1) is 6.69. The maximum atomic E-state index is 11.4. The molecule has 0 saturated carbocycles. The Labute approximate surface area is 105 Å². The van der Waals surface area contributed by atoms with Gasteiger partial charge in [0.2, 0.25) is 0 Å². The van der Waals surface area contributed by atoms with E-state index >= 15 is 0 Å². The van der Waals surface area contributed by atoms with Crippen molar-refractivity contribution in [3.05, 3.63) is 24.3 Å². The van der Waals surface area contributed by atoms with Crippen LogP contribution >= 0.6 is 31.9 Å². The Kier molecular flexibility index (Phi) is 5.51. The lowest BCUT2D eigenvalue weighted by Crippen LogP contribution is -1.96. The van der Waals surface area contributed by atoms with Crippen molar-refractivity contribution in [1.29, 1.82) is 0 Å². The largest absolute Gasteiger partial charge is 0.253 e. The molecule has 0 aliphatic heterocycles. The van der Waals surface area contributed by atoms with Crippen LogP contribution in [0.15, 0.2) is 34.1 Å². The van der Waals surface area contributed by atoms with Gasteiger partial charge in [0, 0.05) is 9.79 Å². The lowest BCUT2D eigenvalue weighted by Gasteiger charge is -2.01. The van der Waals surface area contributed by atoms with Crippen molar-refractivity contribution in [2.75, 3.05) is 9.32 Å². The zero-order chi connectivity index (χ0) is 10.6. The minimum absolute atomic E-state index is 0.400. The van der Waals surface area contributed by atoms with Crippen LogP contribution in [0.4, 0.5) is 0 Å². The SMILES string of the molecule is O=S(CBr)c1cccc(S(=O)CBr)c1. The fraction of sp³-hybridized carbons (Fsp3) is 0.250. The molecule has 1 rings (SSSR count). The highest BCUT2D eigenvalue weighted by Crippen LogP contribution is 2.15. The van der Waals surface area contributed by atoms with Crippen LogP contribution in [0.1, 0.15) is 0 Å². The van der Waals surface area contributed by atoms with Crippen molar-refractivity contribution in [3.63, 3.8) is 0 Å². The molecule has 0 saturated heterocycles. The molecule has 0 aromatic heterocycles. The number of hydrogen-bond donors (Lipinski definition) is 0. The zero-order valence-electron chi connectivity index (χ0n) is 7.11. The molecule has 1 aromatic rings. The molecule has 14 heavy (non-hydrogen) atoms. The molecule has 0 bridgehead atoms. The van der Waals surface area contributed by atoms with Crippen molar-refractivity contribution in [2.24, 2.45) is 0 Å². The molecule has 0 heterocycles. The average molecular weight is 360 g/mol. The zero-order valence-corrected chi connectivity index (χ0v) is 11.9. The van der Waals surface area contributed by atoms with Gasteiger partial charge in [-0.1, -0.05) is 37.9 Å². The highest BCUT2D eigenvalue weighted by atomic mass is 79.9. The second kappa shape index (κ2) is 6.15. The van der Waals surface area contributed by atoms with Crippen LogP contribution in [0.3, 0.4) is 0 Å². The summed E-state index contributed by atoms with van der Waals surface area (Å²) < 4.78 is 23.7. The summed E-state index contributed by atoms with van der Waals surface area (Å²) in [6.45, 7) is 0. The molecular formula is C8H8Br2O2S2. The van der Waals surface area contributed by atoms with E-state index in [0.29, 0.717) is 19.1 Å². The number of rotatable bonds is 4. The maximum absolute atomic E-state index is 11.4. The van der Waals surface area contributed by atoms with Gasteiger partial charge in [-0.05, 0) is 18.2 Å². The molecular weight excluding hydrogens is 352 g/mol. The van der Waals surface area contributed by atoms with E-state index < -0.39 is 21.6 Å². The Morgan fingerprint density at radius 2 is 1.43 bits per heavy atom. The molecule has 2 atom stereocenters. The van der Waals surface area contributed by atoms with Crippen LogP contribution in [0.25, 0.3) is 0 Å². The summed E-state index contributed by atoms with van der Waals surface area (Å²) in [6.07, 6.45) is 0. The Balaban J connectivity index is 3.01. The summed E-state index contributed by atoms with van der Waals surface area (Å²) in [5.74, 6) is 0. The average Bonchev–Trinajstić information content (AvgIpc) is 2.27. The summed E-state index contributed by atoms with van der Waals surface area (Å²) in [5, 5.41) is 0. The molecule has 2 nitrogen and oxygen atoms in total. The third kappa shape index (κ3) is 3.25. The van der Waals surface area contributed by atoms with Crippen LogP contribution in [0, 0.1) is 0 Å². The summed E-state index contributed by atoms with van der Waals surface area (Å²) in [4.78, 5) is 1.40. The van der Waals surface area contributed by atoms with Crippen molar-refractivity contribution in [2.45, 2.75) is 9.79 Å². The number of benzene rings is 1. The summed E-state index contributed by atoms with van der Waals surface area (Å²) in [6, 6.07) is 7.03. The van der Waals surface area contributed by atoms with E-state index in [1.807, 2.05) is 0 Å². The van der Waals surface area contributed by atoms with Crippen LogP contribution in [0.2, 0.25) is 0 Å². The van der Waals surface area contributed by atoms with Crippen molar-refractivity contribution in [1.82, 2.24) is 0 Å². The first kappa shape index (κ1) is 12.5. The first-order valence-electron chi connectivity index (χ1n) is 3.67. The van der Waals surface area contributed by atoms with Gasteiger partial charge >= 0.3 is 0 Å². The minimum Gasteiger partial charge on any atom is -0.253 e. The molecule has 6 heteroatoms. The van der Waals surface area contributed by atoms with Gasteiger partial charge in [0.25, 0.3) is 0 Å². The summed E-state index contributed by atoms with van der Waals surface area (Å²) in [5.41, 5.74) is 0. The Morgan fingerprint density at radius 1 is 1.00 bits per heavy atom. The second-order valence-corrected chi connectivity index (χ2v) is 7.89. The van der Waals surface area contributed by atoms with Crippen LogP contribution in [0.5, 0.6) is 0 Å². The van der Waals surface area contributed by atoms with Gasteiger partial charge in [-0.3, -0.25) is 8.42 Å². The summed E-state index contributed by atoms with van der Waals surface area (Å²) >= 11 is 6.29. The van der Waals surface area contributed by atoms with E-state index in [1.165, 1.54) is 0 Å². The highest BCUT2D eigenvalue weighted by Gasteiger charge is 2.06. The van der Waals surface area contributed by atoms with E-state index in [-0.39, 0.29) is 0 Å². The Hall–Kier alpha value is 0.480. The molecule has 1 aromatic carbocycles. The third-order valence-corrected chi connectivity index (χ3v) is 5.98. The predicted molar refractivity (Wildman–Crippen MR) is 66.8 cm³/mol. The monoisotopic (exact) mass is 358 g/mol. The smallest absolute Gasteiger partial charge is 0.0836 e. The fourth-order valence-electron chi connectivity index (χ4n) is 0.883. The second-order valence-electron chi connectivity index (χ2n) is 2.38.